The lowest BCUT2D eigenvalue weighted by Crippen LogP contribution is -2.16. The average Bonchev–Trinajstić information content (AvgIpc) is 2.53. The van der Waals surface area contributed by atoms with E-state index >= 15 is 0 Å². The van der Waals surface area contributed by atoms with Crippen molar-refractivity contribution in [1.82, 2.24) is 0 Å². The minimum absolute atomic E-state index is 0.0615. The molecular weight excluding hydrogens is 158 g/mol. The predicted molar refractivity (Wildman–Crippen MR) is 42.4 cm³/mol. The van der Waals surface area contributed by atoms with Crippen molar-refractivity contribution in [3.05, 3.63) is 10.4 Å². The van der Waals surface area contributed by atoms with Crippen molar-refractivity contribution in [2.24, 2.45) is 5.11 Å². The molecular formula is C7H11N3O2. The Kier molecular flexibility index (Phi) is 3.41. The molecule has 5 heteroatoms. The number of nitrogens with zero attached hydrogens (tertiary/aromatic N) is 3. The summed E-state index contributed by atoms with van der Waals surface area (Å²) in [6.07, 6.45) is 4.20. The van der Waals surface area contributed by atoms with Crippen LogP contribution in [0.1, 0.15) is 25.7 Å². The third-order valence-electron chi connectivity index (χ3n) is 1.86. The van der Waals surface area contributed by atoms with E-state index in [1.54, 1.807) is 0 Å². The highest BCUT2D eigenvalue weighted by atomic mass is 16.5. The lowest BCUT2D eigenvalue weighted by molar-refractivity contribution is -0.146. The Hall–Kier alpha value is -1.22. The van der Waals surface area contributed by atoms with Gasteiger partial charge in [0, 0.05) is 4.91 Å². The first-order valence-electron chi connectivity index (χ1n) is 4.03. The Morgan fingerprint density at radius 1 is 1.58 bits per heavy atom. The van der Waals surface area contributed by atoms with Crippen LogP contribution in [0.15, 0.2) is 5.11 Å². The maximum absolute atomic E-state index is 10.9. The van der Waals surface area contributed by atoms with Gasteiger partial charge in [-0.2, -0.15) is 0 Å². The standard InChI is InChI=1S/C7H11N3O2/c8-10-9-5-7(11)12-6-3-1-2-4-6/h6H,1-5H2. The molecule has 0 saturated heterocycles. The van der Waals surface area contributed by atoms with Crippen LogP contribution in [-0.2, 0) is 9.53 Å². The summed E-state index contributed by atoms with van der Waals surface area (Å²) in [6, 6.07) is 0. The summed E-state index contributed by atoms with van der Waals surface area (Å²) < 4.78 is 5.01. The zero-order chi connectivity index (χ0) is 8.81. The molecule has 0 radical (unpaired) electrons. The van der Waals surface area contributed by atoms with Crippen LogP contribution < -0.4 is 0 Å². The lowest BCUT2D eigenvalue weighted by atomic mass is 10.3. The second-order valence-corrected chi connectivity index (χ2v) is 2.79. The number of ether oxygens (including phenoxy) is 1. The minimum Gasteiger partial charge on any atom is -0.462 e. The van der Waals surface area contributed by atoms with E-state index in [1.165, 1.54) is 0 Å². The maximum atomic E-state index is 10.9. The number of rotatable bonds is 3. The van der Waals surface area contributed by atoms with Gasteiger partial charge in [0.25, 0.3) is 0 Å². The summed E-state index contributed by atoms with van der Waals surface area (Å²) in [5, 5.41) is 3.12. The van der Waals surface area contributed by atoms with E-state index in [4.69, 9.17) is 10.3 Å². The second-order valence-electron chi connectivity index (χ2n) is 2.79. The molecule has 0 unspecified atom stereocenters. The predicted octanol–water partition coefficient (Wildman–Crippen LogP) is 1.78. The van der Waals surface area contributed by atoms with Crippen LogP contribution in [0.4, 0.5) is 0 Å². The Bertz CT molecular complexity index is 205. The van der Waals surface area contributed by atoms with Crippen LogP contribution in [0.2, 0.25) is 0 Å². The van der Waals surface area contributed by atoms with E-state index in [-0.39, 0.29) is 12.6 Å². The third kappa shape index (κ3) is 2.80. The minimum atomic E-state index is -0.417. The Balaban J connectivity index is 2.20. The van der Waals surface area contributed by atoms with E-state index in [9.17, 15) is 4.79 Å². The first-order chi connectivity index (χ1) is 5.83. The van der Waals surface area contributed by atoms with Gasteiger partial charge in [0.2, 0.25) is 0 Å². The smallest absolute Gasteiger partial charge is 0.311 e. The molecule has 0 bridgehead atoms. The number of carbonyl (C=O) groups is 1. The highest BCUT2D eigenvalue weighted by Crippen LogP contribution is 2.20. The molecule has 5 nitrogen and oxygen atoms in total. The van der Waals surface area contributed by atoms with Gasteiger partial charge in [-0.05, 0) is 31.2 Å². The molecule has 66 valence electrons. The van der Waals surface area contributed by atoms with Gasteiger partial charge in [0.05, 0.1) is 0 Å². The number of hydrogen-bond donors (Lipinski definition) is 0. The first kappa shape index (κ1) is 8.87. The fourth-order valence-electron chi connectivity index (χ4n) is 1.32. The van der Waals surface area contributed by atoms with Crippen LogP contribution in [0.5, 0.6) is 0 Å². The Labute approximate surface area is 70.3 Å². The van der Waals surface area contributed by atoms with E-state index in [0.29, 0.717) is 0 Å². The highest BCUT2D eigenvalue weighted by molar-refractivity contribution is 5.71. The molecule has 1 aliphatic carbocycles. The number of esters is 1. The summed E-state index contributed by atoms with van der Waals surface area (Å²) in [7, 11) is 0. The van der Waals surface area contributed by atoms with Crippen molar-refractivity contribution in [1.29, 1.82) is 0 Å². The van der Waals surface area contributed by atoms with Crippen molar-refractivity contribution in [2.45, 2.75) is 31.8 Å². The van der Waals surface area contributed by atoms with Crippen LogP contribution in [0.3, 0.4) is 0 Å². The largest absolute Gasteiger partial charge is 0.462 e. The summed E-state index contributed by atoms with van der Waals surface area (Å²) in [5.74, 6) is -0.417. The molecule has 0 aliphatic heterocycles. The normalized spacial score (nSPS) is 17.0. The molecule has 0 aromatic rings. The fourth-order valence-corrected chi connectivity index (χ4v) is 1.32. The number of hydrogen-bond acceptors (Lipinski definition) is 3. The van der Waals surface area contributed by atoms with E-state index < -0.39 is 5.97 Å². The van der Waals surface area contributed by atoms with Gasteiger partial charge in [0.15, 0.2) is 0 Å². The Morgan fingerprint density at radius 3 is 2.83 bits per heavy atom. The van der Waals surface area contributed by atoms with Crippen molar-refractivity contribution >= 4 is 5.97 Å². The topological polar surface area (TPSA) is 75.1 Å². The number of azide groups is 1. The van der Waals surface area contributed by atoms with Crippen molar-refractivity contribution < 1.29 is 9.53 Å². The van der Waals surface area contributed by atoms with E-state index in [0.717, 1.165) is 25.7 Å². The monoisotopic (exact) mass is 169 g/mol. The second kappa shape index (κ2) is 4.62. The Morgan fingerprint density at radius 2 is 2.25 bits per heavy atom. The summed E-state index contributed by atoms with van der Waals surface area (Å²) in [5.41, 5.74) is 7.93. The van der Waals surface area contributed by atoms with Crippen LogP contribution in [0.25, 0.3) is 10.4 Å². The molecule has 1 aliphatic rings. The van der Waals surface area contributed by atoms with Crippen LogP contribution >= 0.6 is 0 Å². The summed E-state index contributed by atoms with van der Waals surface area (Å²) in [6.45, 7) is -0.187. The van der Waals surface area contributed by atoms with Crippen LogP contribution in [-0.4, -0.2) is 18.6 Å². The van der Waals surface area contributed by atoms with Crippen LogP contribution in [0, 0.1) is 0 Å². The van der Waals surface area contributed by atoms with Gasteiger partial charge in [-0.1, -0.05) is 5.11 Å². The molecule has 1 fully saturated rings. The maximum Gasteiger partial charge on any atom is 0.311 e. The van der Waals surface area contributed by atoms with Crippen molar-refractivity contribution in [2.75, 3.05) is 6.54 Å². The van der Waals surface area contributed by atoms with Gasteiger partial charge >= 0.3 is 5.97 Å². The molecule has 12 heavy (non-hydrogen) atoms. The molecule has 0 N–H and O–H groups in total. The van der Waals surface area contributed by atoms with Crippen molar-refractivity contribution in [3.63, 3.8) is 0 Å². The van der Waals surface area contributed by atoms with E-state index in [2.05, 4.69) is 10.0 Å². The molecule has 0 aromatic heterocycles. The van der Waals surface area contributed by atoms with E-state index in [1.807, 2.05) is 0 Å². The molecule has 0 spiro atoms. The van der Waals surface area contributed by atoms with Gasteiger partial charge in [-0.15, -0.1) is 0 Å². The SMILES string of the molecule is [N-]=[N+]=NCC(=O)OC1CCCC1. The fraction of sp³-hybridized carbons (Fsp3) is 0.857. The molecule has 0 atom stereocenters. The zero-order valence-corrected chi connectivity index (χ0v) is 6.77. The third-order valence-corrected chi connectivity index (χ3v) is 1.86. The molecule has 0 heterocycles. The highest BCUT2D eigenvalue weighted by Gasteiger charge is 2.18. The molecule has 1 saturated carbocycles. The lowest BCUT2D eigenvalue weighted by Gasteiger charge is -2.08. The number of carbonyl (C=O) groups excluding carboxylic acids is 1. The quantitative estimate of drug-likeness (QED) is 0.279. The van der Waals surface area contributed by atoms with Gasteiger partial charge in [-0.25, -0.2) is 0 Å². The van der Waals surface area contributed by atoms with Gasteiger partial charge in [-0.3, -0.25) is 4.79 Å². The van der Waals surface area contributed by atoms with Gasteiger partial charge in [0.1, 0.15) is 12.6 Å². The summed E-state index contributed by atoms with van der Waals surface area (Å²) >= 11 is 0. The molecule has 0 amide bonds. The van der Waals surface area contributed by atoms with Crippen molar-refractivity contribution in [3.8, 4) is 0 Å². The molecule has 0 aromatic carbocycles. The zero-order valence-electron chi connectivity index (χ0n) is 6.77. The molecule has 1 rings (SSSR count). The first-order valence-corrected chi connectivity index (χ1v) is 4.03. The van der Waals surface area contributed by atoms with Gasteiger partial charge < -0.3 is 4.74 Å². The summed E-state index contributed by atoms with van der Waals surface area (Å²) in [4.78, 5) is 13.3. The average molecular weight is 169 g/mol.